The Morgan fingerprint density at radius 1 is 1.24 bits per heavy atom. The zero-order chi connectivity index (χ0) is 23.1. The van der Waals surface area contributed by atoms with E-state index < -0.39 is 5.54 Å². The van der Waals surface area contributed by atoms with Crippen LogP contribution in [0.25, 0.3) is 0 Å². The fourth-order valence-electron chi connectivity index (χ4n) is 4.29. The number of rotatable bonds is 8. The zero-order valence-electron chi connectivity index (χ0n) is 20.3. The molecule has 184 valence electrons. The lowest BCUT2D eigenvalue weighted by Crippen LogP contribution is -2.49. The minimum atomic E-state index is -0.768. The van der Waals surface area contributed by atoms with Crippen molar-refractivity contribution in [1.82, 2.24) is 25.8 Å². The summed E-state index contributed by atoms with van der Waals surface area (Å²) in [5, 5.41) is 9.63. The Morgan fingerprint density at radius 3 is 2.55 bits per heavy atom. The van der Waals surface area contributed by atoms with Gasteiger partial charge in [0.25, 0.3) is 5.91 Å². The van der Waals surface area contributed by atoms with Gasteiger partial charge in [-0.1, -0.05) is 31.2 Å². The van der Waals surface area contributed by atoms with Crippen molar-refractivity contribution < 1.29 is 9.59 Å². The van der Waals surface area contributed by atoms with Gasteiger partial charge in [-0.2, -0.15) is 0 Å². The Bertz CT molecular complexity index is 840. The number of carbonyl (C=O) groups is 2. The minimum absolute atomic E-state index is 0. The number of nitrogens with one attached hydrogen (secondary N) is 3. The number of aryl methyl sites for hydroxylation is 1. The molecule has 33 heavy (non-hydrogen) atoms. The molecule has 2 heterocycles. The van der Waals surface area contributed by atoms with E-state index in [-0.39, 0.29) is 35.9 Å². The van der Waals surface area contributed by atoms with Crippen molar-refractivity contribution >= 4 is 41.9 Å². The van der Waals surface area contributed by atoms with E-state index in [1.165, 1.54) is 16.0 Å². The van der Waals surface area contributed by atoms with Crippen LogP contribution < -0.4 is 16.0 Å². The van der Waals surface area contributed by atoms with Crippen LogP contribution >= 0.6 is 24.0 Å². The molecule has 1 atom stereocenters. The van der Waals surface area contributed by atoms with Crippen LogP contribution in [0.1, 0.15) is 50.7 Å². The molecule has 2 saturated heterocycles. The molecular formula is C24H39IN6O2. The number of piperidine rings is 1. The number of halogens is 1. The number of hydrogen-bond acceptors (Lipinski definition) is 4. The summed E-state index contributed by atoms with van der Waals surface area (Å²) in [6, 6.07) is 8.69. The molecule has 0 aliphatic carbocycles. The first-order chi connectivity index (χ1) is 15.4. The number of imide groups is 1. The second-order valence-electron chi connectivity index (χ2n) is 9.05. The smallest absolute Gasteiger partial charge is 0.325 e. The van der Waals surface area contributed by atoms with E-state index in [0.29, 0.717) is 32.0 Å². The van der Waals surface area contributed by atoms with Crippen LogP contribution in [0.3, 0.4) is 0 Å². The quantitative estimate of drug-likeness (QED) is 0.147. The van der Waals surface area contributed by atoms with Crippen molar-refractivity contribution in [3.8, 4) is 0 Å². The first-order valence-electron chi connectivity index (χ1n) is 11.7. The Kier molecular flexibility index (Phi) is 10.4. The highest BCUT2D eigenvalue weighted by atomic mass is 127. The fraction of sp³-hybridized carbons (Fsp3) is 0.625. The number of hydrogen-bond donors (Lipinski definition) is 3. The van der Waals surface area contributed by atoms with Crippen LogP contribution in [-0.4, -0.2) is 72.5 Å². The predicted octanol–water partition coefficient (Wildman–Crippen LogP) is 2.85. The van der Waals surface area contributed by atoms with Gasteiger partial charge < -0.3 is 16.0 Å². The maximum atomic E-state index is 12.5. The van der Waals surface area contributed by atoms with Crippen LogP contribution in [0.15, 0.2) is 29.3 Å². The Labute approximate surface area is 215 Å². The molecular weight excluding hydrogens is 531 g/mol. The van der Waals surface area contributed by atoms with Crippen LogP contribution in [0.5, 0.6) is 0 Å². The first kappa shape index (κ1) is 27.4. The van der Waals surface area contributed by atoms with Gasteiger partial charge in [-0.3, -0.25) is 19.6 Å². The summed E-state index contributed by atoms with van der Waals surface area (Å²) in [5.41, 5.74) is 1.99. The van der Waals surface area contributed by atoms with Crippen LogP contribution in [0.4, 0.5) is 4.79 Å². The standard InChI is InChI=1S/C24H38N6O2.HI/c1-5-24(3)21(31)30(23(32)28-24)14-8-13-26-22(25-4)27-20-11-15-29(16-12-20)17-19-10-7-6-9-18(19)2;/h6-7,9-10,20H,5,8,11-17H2,1-4H3,(H,28,32)(H2,25,26,27);1H. The molecule has 3 rings (SSSR count). The third-order valence-electron chi connectivity index (χ3n) is 6.71. The number of urea groups is 1. The maximum Gasteiger partial charge on any atom is 0.325 e. The predicted molar refractivity (Wildman–Crippen MR) is 143 cm³/mol. The topological polar surface area (TPSA) is 89.1 Å². The van der Waals surface area contributed by atoms with Gasteiger partial charge in [-0.05, 0) is 50.7 Å². The molecule has 0 saturated carbocycles. The molecule has 0 bridgehead atoms. The third-order valence-corrected chi connectivity index (χ3v) is 6.71. The van der Waals surface area contributed by atoms with Gasteiger partial charge in [-0.15, -0.1) is 24.0 Å². The van der Waals surface area contributed by atoms with E-state index in [9.17, 15) is 9.59 Å². The van der Waals surface area contributed by atoms with Crippen LogP contribution in [0, 0.1) is 6.92 Å². The van der Waals surface area contributed by atoms with E-state index in [1.807, 2.05) is 6.92 Å². The third kappa shape index (κ3) is 7.05. The molecule has 0 aromatic heterocycles. The van der Waals surface area contributed by atoms with Crippen LogP contribution in [0.2, 0.25) is 0 Å². The van der Waals surface area contributed by atoms with Gasteiger partial charge in [-0.25, -0.2) is 4.79 Å². The monoisotopic (exact) mass is 570 g/mol. The van der Waals surface area contributed by atoms with Gasteiger partial charge in [0.05, 0.1) is 0 Å². The second-order valence-corrected chi connectivity index (χ2v) is 9.05. The first-order valence-corrected chi connectivity index (χ1v) is 11.7. The number of nitrogens with zero attached hydrogens (tertiary/aromatic N) is 3. The molecule has 1 unspecified atom stereocenters. The highest BCUT2D eigenvalue weighted by Crippen LogP contribution is 2.20. The van der Waals surface area contributed by atoms with E-state index in [1.54, 1.807) is 14.0 Å². The lowest BCUT2D eigenvalue weighted by Gasteiger charge is -2.33. The van der Waals surface area contributed by atoms with Gasteiger partial charge in [0.2, 0.25) is 0 Å². The fourth-order valence-corrected chi connectivity index (χ4v) is 4.29. The van der Waals surface area contributed by atoms with Crippen molar-refractivity contribution in [3.63, 3.8) is 0 Å². The number of aliphatic imine (C=N–C) groups is 1. The largest absolute Gasteiger partial charge is 0.356 e. The highest BCUT2D eigenvalue weighted by Gasteiger charge is 2.45. The van der Waals surface area contributed by atoms with Crippen molar-refractivity contribution in [2.45, 2.75) is 64.6 Å². The molecule has 9 heteroatoms. The van der Waals surface area contributed by atoms with E-state index in [0.717, 1.165) is 38.4 Å². The van der Waals surface area contributed by atoms with Gasteiger partial charge in [0.15, 0.2) is 5.96 Å². The summed E-state index contributed by atoms with van der Waals surface area (Å²) < 4.78 is 0. The van der Waals surface area contributed by atoms with Gasteiger partial charge in [0.1, 0.15) is 5.54 Å². The summed E-state index contributed by atoms with van der Waals surface area (Å²) in [5.74, 6) is 0.642. The summed E-state index contributed by atoms with van der Waals surface area (Å²) in [6.45, 7) is 10.0. The molecule has 2 aliphatic rings. The van der Waals surface area contributed by atoms with Crippen molar-refractivity contribution in [2.75, 3.05) is 33.2 Å². The van der Waals surface area contributed by atoms with E-state index in [4.69, 9.17) is 0 Å². The van der Waals surface area contributed by atoms with Gasteiger partial charge >= 0.3 is 6.03 Å². The summed E-state index contributed by atoms with van der Waals surface area (Å²) in [7, 11) is 1.77. The molecule has 1 aromatic carbocycles. The maximum absolute atomic E-state index is 12.5. The summed E-state index contributed by atoms with van der Waals surface area (Å²) in [4.78, 5) is 32.7. The summed E-state index contributed by atoms with van der Waals surface area (Å²) >= 11 is 0. The molecule has 3 N–H and O–H groups in total. The van der Waals surface area contributed by atoms with Gasteiger partial charge in [0, 0.05) is 45.8 Å². The van der Waals surface area contributed by atoms with E-state index >= 15 is 0 Å². The highest BCUT2D eigenvalue weighted by molar-refractivity contribution is 14.0. The van der Waals surface area contributed by atoms with Crippen molar-refractivity contribution in [1.29, 1.82) is 0 Å². The minimum Gasteiger partial charge on any atom is -0.356 e. The number of benzene rings is 1. The number of guanidine groups is 1. The zero-order valence-corrected chi connectivity index (χ0v) is 22.6. The molecule has 2 fully saturated rings. The molecule has 2 aliphatic heterocycles. The Hall–Kier alpha value is -1.88. The second kappa shape index (κ2) is 12.5. The average Bonchev–Trinajstić information content (AvgIpc) is 3.01. The summed E-state index contributed by atoms with van der Waals surface area (Å²) in [6.07, 6.45) is 3.41. The van der Waals surface area contributed by atoms with Crippen molar-refractivity contribution in [2.24, 2.45) is 4.99 Å². The number of likely N-dealkylation sites (tertiary alicyclic amines) is 1. The lowest BCUT2D eigenvalue weighted by molar-refractivity contribution is -0.130. The SMILES string of the molecule is CCC1(C)NC(=O)N(CCCNC(=NC)NC2CCN(Cc3ccccc3C)CC2)C1=O.I. The molecule has 8 nitrogen and oxygen atoms in total. The molecule has 3 amide bonds. The van der Waals surface area contributed by atoms with Crippen molar-refractivity contribution in [3.05, 3.63) is 35.4 Å². The normalized spacial score (nSPS) is 22.2. The lowest BCUT2D eigenvalue weighted by atomic mass is 9.99. The number of amides is 3. The van der Waals surface area contributed by atoms with E-state index in [2.05, 4.69) is 57.0 Å². The average molecular weight is 571 g/mol. The Balaban J connectivity index is 0.00000385. The molecule has 1 aromatic rings. The molecule has 0 spiro atoms. The number of carbonyl (C=O) groups excluding carboxylic acids is 2. The Morgan fingerprint density at radius 2 is 1.94 bits per heavy atom. The van der Waals surface area contributed by atoms with Crippen LogP contribution in [-0.2, 0) is 11.3 Å². The molecule has 0 radical (unpaired) electrons.